The van der Waals surface area contributed by atoms with Crippen molar-refractivity contribution in [3.63, 3.8) is 0 Å². The molecule has 248 valence electrons. The molecule has 1 saturated carbocycles. The lowest BCUT2D eigenvalue weighted by molar-refractivity contribution is -0.304. The van der Waals surface area contributed by atoms with Crippen molar-refractivity contribution in [2.45, 2.75) is 168 Å². The molecule has 2 rings (SSSR count). The summed E-state index contributed by atoms with van der Waals surface area (Å²) in [4.78, 5) is 38.4. The van der Waals surface area contributed by atoms with E-state index in [1.807, 2.05) is 13.8 Å². The number of carbonyl (C=O) groups excluding carboxylic acids is 3. The molecule has 3 amide bonds. The van der Waals surface area contributed by atoms with Crippen molar-refractivity contribution in [1.29, 1.82) is 0 Å². The Kier molecular flexibility index (Phi) is 15.5. The minimum absolute atomic E-state index is 0.0520. The molecule has 1 aliphatic carbocycles. The van der Waals surface area contributed by atoms with E-state index in [4.69, 9.17) is 14.2 Å². The number of unbranched alkanes of at least 4 members (excludes halogenated alkanes) is 6. The van der Waals surface area contributed by atoms with Crippen molar-refractivity contribution in [2.75, 3.05) is 13.2 Å². The lowest BCUT2D eigenvalue weighted by Gasteiger charge is -2.44. The van der Waals surface area contributed by atoms with E-state index in [0.717, 1.165) is 44.9 Å². The van der Waals surface area contributed by atoms with E-state index >= 15 is 0 Å². The van der Waals surface area contributed by atoms with Crippen LogP contribution in [0.5, 0.6) is 0 Å². The van der Waals surface area contributed by atoms with Gasteiger partial charge in [0, 0.05) is 17.5 Å². The van der Waals surface area contributed by atoms with Crippen molar-refractivity contribution >= 4 is 17.9 Å². The molecule has 0 aromatic carbocycles. The molecule has 1 heterocycles. The van der Waals surface area contributed by atoms with Crippen LogP contribution in [0.15, 0.2) is 12.2 Å². The topological polar surface area (TPSA) is 115 Å². The SMILES string of the molecule is CCCCC=CCCCCCCC(C)(C)NC(=O)NC1CCCCC1OC(=O)CCNC(=O)C1OC(C)(C)OCC1(C)C. The first-order valence-electron chi connectivity index (χ1n) is 16.8. The number of hydrogen-bond acceptors (Lipinski definition) is 6. The van der Waals surface area contributed by atoms with E-state index in [9.17, 15) is 14.4 Å². The maximum absolute atomic E-state index is 12.9. The molecule has 0 bridgehead atoms. The second-order valence-electron chi connectivity index (χ2n) is 14.2. The summed E-state index contributed by atoms with van der Waals surface area (Å²) in [5.41, 5.74) is -0.803. The van der Waals surface area contributed by atoms with E-state index in [1.165, 1.54) is 32.1 Å². The highest BCUT2D eigenvalue weighted by molar-refractivity contribution is 5.82. The van der Waals surface area contributed by atoms with Crippen LogP contribution in [-0.4, -0.2) is 60.6 Å². The van der Waals surface area contributed by atoms with Gasteiger partial charge in [-0.15, -0.1) is 0 Å². The molecule has 2 fully saturated rings. The third-order valence-corrected chi connectivity index (χ3v) is 8.34. The molecule has 1 saturated heterocycles. The zero-order chi connectivity index (χ0) is 31.9. The van der Waals surface area contributed by atoms with Crippen molar-refractivity contribution in [1.82, 2.24) is 16.0 Å². The molecule has 3 unspecified atom stereocenters. The second kappa shape index (κ2) is 18.0. The molecule has 9 nitrogen and oxygen atoms in total. The zero-order valence-electron chi connectivity index (χ0n) is 28.1. The van der Waals surface area contributed by atoms with Gasteiger partial charge in [0.15, 0.2) is 5.79 Å². The van der Waals surface area contributed by atoms with Gasteiger partial charge >= 0.3 is 12.0 Å². The Balaban J connectivity index is 1.69. The molecule has 0 spiro atoms. The van der Waals surface area contributed by atoms with Crippen LogP contribution in [0.1, 0.15) is 138 Å². The Bertz CT molecular complexity index is 901. The number of amides is 3. The van der Waals surface area contributed by atoms with Crippen LogP contribution in [0, 0.1) is 5.41 Å². The molecule has 0 aromatic rings. The van der Waals surface area contributed by atoms with Gasteiger partial charge < -0.3 is 30.2 Å². The van der Waals surface area contributed by atoms with Crippen molar-refractivity contribution in [3.8, 4) is 0 Å². The van der Waals surface area contributed by atoms with Crippen LogP contribution in [0.25, 0.3) is 0 Å². The van der Waals surface area contributed by atoms with Gasteiger partial charge in [0.2, 0.25) is 5.91 Å². The summed E-state index contributed by atoms with van der Waals surface area (Å²) >= 11 is 0. The summed E-state index contributed by atoms with van der Waals surface area (Å²) in [5.74, 6) is -1.49. The number of hydrogen-bond donors (Lipinski definition) is 3. The fraction of sp³-hybridized carbons (Fsp3) is 0.853. The maximum Gasteiger partial charge on any atom is 0.315 e. The molecule has 9 heteroatoms. The quantitative estimate of drug-likeness (QED) is 0.0964. The Morgan fingerprint density at radius 2 is 1.63 bits per heavy atom. The van der Waals surface area contributed by atoms with Crippen molar-refractivity contribution in [2.24, 2.45) is 5.41 Å². The highest BCUT2D eigenvalue weighted by atomic mass is 16.7. The number of urea groups is 1. The number of ether oxygens (including phenoxy) is 3. The summed E-state index contributed by atoms with van der Waals surface area (Å²) in [5, 5.41) is 9.02. The fourth-order valence-electron chi connectivity index (χ4n) is 5.65. The van der Waals surface area contributed by atoms with E-state index in [0.29, 0.717) is 13.0 Å². The summed E-state index contributed by atoms with van der Waals surface area (Å²) in [6.07, 6.45) is 17.4. The van der Waals surface area contributed by atoms with Crippen molar-refractivity contribution < 1.29 is 28.6 Å². The third kappa shape index (κ3) is 14.5. The third-order valence-electron chi connectivity index (χ3n) is 8.34. The standard InChI is InChI=1S/C34H61N3O6/c1-8-9-10-11-12-13-14-15-16-19-23-33(4,5)37-31(40)36-26-20-17-18-21-27(26)42-28(38)22-24-35-30(39)29-32(2,3)25-41-34(6,7)43-29/h11-12,26-27,29H,8-10,13-25H2,1-7H3,(H,35,39)(H2,36,37,40). The number of nitrogens with one attached hydrogen (secondary N) is 3. The predicted octanol–water partition coefficient (Wildman–Crippen LogP) is 6.69. The average Bonchev–Trinajstić information content (AvgIpc) is 2.92. The van der Waals surface area contributed by atoms with Crippen molar-refractivity contribution in [3.05, 3.63) is 12.2 Å². The number of esters is 1. The summed E-state index contributed by atoms with van der Waals surface area (Å²) in [6.45, 7) is 14.3. The maximum atomic E-state index is 12.9. The van der Waals surface area contributed by atoms with Crippen LogP contribution < -0.4 is 16.0 Å². The first-order valence-corrected chi connectivity index (χ1v) is 16.8. The van der Waals surface area contributed by atoms with E-state index < -0.39 is 17.3 Å². The first-order chi connectivity index (χ1) is 20.2. The van der Waals surface area contributed by atoms with Crippen LogP contribution in [-0.2, 0) is 23.8 Å². The van der Waals surface area contributed by atoms with Crippen LogP contribution in [0.3, 0.4) is 0 Å². The lowest BCUT2D eigenvalue weighted by atomic mass is 9.85. The van der Waals surface area contributed by atoms with Crippen LogP contribution in [0.4, 0.5) is 4.79 Å². The van der Waals surface area contributed by atoms with Gasteiger partial charge in [-0.25, -0.2) is 4.79 Å². The summed E-state index contributed by atoms with van der Waals surface area (Å²) in [7, 11) is 0. The van der Waals surface area contributed by atoms with E-state index in [2.05, 4.69) is 48.9 Å². The van der Waals surface area contributed by atoms with Gasteiger partial charge in [-0.3, -0.25) is 9.59 Å². The molecule has 2 aliphatic rings. The highest BCUT2D eigenvalue weighted by Gasteiger charge is 2.45. The minimum Gasteiger partial charge on any atom is -0.460 e. The monoisotopic (exact) mass is 607 g/mol. The molecule has 3 atom stereocenters. The second-order valence-corrected chi connectivity index (χ2v) is 14.2. The van der Waals surface area contributed by atoms with Gasteiger partial charge in [-0.2, -0.15) is 0 Å². The highest BCUT2D eigenvalue weighted by Crippen LogP contribution is 2.34. The average molecular weight is 608 g/mol. The van der Waals surface area contributed by atoms with Crippen LogP contribution in [0.2, 0.25) is 0 Å². The fourth-order valence-corrected chi connectivity index (χ4v) is 5.65. The first kappa shape index (κ1) is 37.1. The number of rotatable bonds is 17. The molecule has 0 radical (unpaired) electrons. The largest absolute Gasteiger partial charge is 0.460 e. The van der Waals surface area contributed by atoms with Gasteiger partial charge in [-0.1, -0.05) is 71.4 Å². The number of carbonyl (C=O) groups is 3. The predicted molar refractivity (Wildman–Crippen MR) is 171 cm³/mol. The Hall–Kier alpha value is -2.13. The van der Waals surface area contributed by atoms with Gasteiger partial charge in [0.05, 0.1) is 19.1 Å². The summed E-state index contributed by atoms with van der Waals surface area (Å²) in [6, 6.07) is -0.448. The summed E-state index contributed by atoms with van der Waals surface area (Å²) < 4.78 is 17.3. The normalized spacial score (nSPS) is 23.5. The lowest BCUT2D eigenvalue weighted by Crippen LogP contribution is -2.56. The van der Waals surface area contributed by atoms with Gasteiger partial charge in [0.25, 0.3) is 0 Å². The molecular weight excluding hydrogens is 546 g/mol. The Labute approximate surface area is 261 Å². The van der Waals surface area contributed by atoms with Gasteiger partial charge in [0.1, 0.15) is 12.2 Å². The molecule has 1 aliphatic heterocycles. The van der Waals surface area contributed by atoms with Gasteiger partial charge in [-0.05, 0) is 72.6 Å². The zero-order valence-corrected chi connectivity index (χ0v) is 28.1. The molecular formula is C34H61N3O6. The van der Waals surface area contributed by atoms with Crippen LogP contribution >= 0.6 is 0 Å². The van der Waals surface area contributed by atoms with E-state index in [1.54, 1.807) is 13.8 Å². The molecule has 0 aromatic heterocycles. The Morgan fingerprint density at radius 1 is 0.953 bits per heavy atom. The Morgan fingerprint density at radius 3 is 2.35 bits per heavy atom. The molecule has 43 heavy (non-hydrogen) atoms. The molecule has 3 N–H and O–H groups in total. The number of allylic oxidation sites excluding steroid dienone is 2. The minimum atomic E-state index is -0.841. The van der Waals surface area contributed by atoms with E-state index in [-0.39, 0.29) is 48.6 Å². The smallest absolute Gasteiger partial charge is 0.315 e.